The van der Waals surface area contributed by atoms with Crippen molar-refractivity contribution in [3.8, 4) is 0 Å². The highest BCUT2D eigenvalue weighted by Crippen LogP contribution is 2.32. The van der Waals surface area contributed by atoms with Crippen molar-refractivity contribution in [2.75, 3.05) is 23.0 Å². The van der Waals surface area contributed by atoms with E-state index in [4.69, 9.17) is 4.42 Å². The molecule has 2 amide bonds. The van der Waals surface area contributed by atoms with E-state index in [1.165, 1.54) is 12.1 Å². The molecule has 4 rings (SSSR count). The number of nitrogens with one attached hydrogen (secondary N) is 1. The van der Waals surface area contributed by atoms with Gasteiger partial charge in [0.25, 0.3) is 0 Å². The van der Waals surface area contributed by atoms with E-state index in [1.807, 2.05) is 0 Å². The second-order valence-corrected chi connectivity index (χ2v) is 9.96. The number of aromatic nitrogens is 2. The fourth-order valence-corrected chi connectivity index (χ4v) is 4.65. The number of nitrogens with zero attached hydrogens (tertiary/aromatic N) is 3. The smallest absolute Gasteiger partial charge is 0.322 e. The molecule has 9 nitrogen and oxygen atoms in total. The maximum Gasteiger partial charge on any atom is 0.322 e. The molecule has 1 aliphatic heterocycles. The fourth-order valence-electron chi connectivity index (χ4n) is 4.02. The van der Waals surface area contributed by atoms with Gasteiger partial charge in [0.2, 0.25) is 17.7 Å². The van der Waals surface area contributed by atoms with Crippen molar-refractivity contribution in [1.82, 2.24) is 10.2 Å². The van der Waals surface area contributed by atoms with Crippen LogP contribution in [0.2, 0.25) is 0 Å². The van der Waals surface area contributed by atoms with Crippen LogP contribution in [0.25, 0.3) is 0 Å². The van der Waals surface area contributed by atoms with Crippen molar-refractivity contribution in [2.45, 2.75) is 49.3 Å². The summed E-state index contributed by atoms with van der Waals surface area (Å²) in [5.74, 6) is -0.219. The van der Waals surface area contributed by atoms with Gasteiger partial charge < -0.3 is 9.32 Å². The molecule has 1 saturated carbocycles. The lowest BCUT2D eigenvalue weighted by Crippen LogP contribution is -2.24. The molecular formula is C20H24N4O5S. The van der Waals surface area contributed by atoms with E-state index < -0.39 is 9.84 Å². The summed E-state index contributed by atoms with van der Waals surface area (Å²) in [5, 5.41) is 10.6. The van der Waals surface area contributed by atoms with E-state index in [-0.39, 0.29) is 41.0 Å². The van der Waals surface area contributed by atoms with Gasteiger partial charge in [0.1, 0.15) is 0 Å². The minimum Gasteiger partial charge on any atom is -0.407 e. The zero-order valence-corrected chi connectivity index (χ0v) is 17.5. The number of rotatable bonds is 5. The van der Waals surface area contributed by atoms with Crippen molar-refractivity contribution in [3.63, 3.8) is 0 Å². The lowest BCUT2D eigenvalue weighted by atomic mass is 9.89. The van der Waals surface area contributed by atoms with Gasteiger partial charge >= 0.3 is 6.01 Å². The molecule has 1 saturated heterocycles. The lowest BCUT2D eigenvalue weighted by molar-refractivity contribution is -0.121. The van der Waals surface area contributed by atoms with Gasteiger partial charge in [-0.3, -0.25) is 14.9 Å². The zero-order chi connectivity index (χ0) is 21.3. The Balaban J connectivity index is 1.41. The Morgan fingerprint density at radius 1 is 1.13 bits per heavy atom. The van der Waals surface area contributed by atoms with E-state index in [2.05, 4.69) is 15.5 Å². The monoisotopic (exact) mass is 432 g/mol. The SMILES string of the molecule is CS(=O)(=O)c1ccc(N2CC(c3nnc(NC(=O)C4CCCCC4)o3)CC2=O)cc1. The molecule has 1 atom stereocenters. The maximum absolute atomic E-state index is 12.5. The van der Waals surface area contributed by atoms with Crippen molar-refractivity contribution in [3.05, 3.63) is 30.2 Å². The number of hydrogen-bond acceptors (Lipinski definition) is 7. The van der Waals surface area contributed by atoms with Crippen LogP contribution in [0.15, 0.2) is 33.6 Å². The summed E-state index contributed by atoms with van der Waals surface area (Å²) in [4.78, 5) is 26.6. The van der Waals surface area contributed by atoms with Crippen LogP contribution in [0, 0.1) is 5.92 Å². The Labute approximate surface area is 174 Å². The molecular weight excluding hydrogens is 408 g/mol. The number of benzene rings is 1. The van der Waals surface area contributed by atoms with Gasteiger partial charge in [-0.1, -0.05) is 24.4 Å². The molecule has 2 fully saturated rings. The van der Waals surface area contributed by atoms with Crippen molar-refractivity contribution in [2.24, 2.45) is 5.92 Å². The van der Waals surface area contributed by atoms with E-state index in [9.17, 15) is 18.0 Å². The summed E-state index contributed by atoms with van der Waals surface area (Å²) >= 11 is 0. The molecule has 1 aliphatic carbocycles. The first-order valence-corrected chi connectivity index (χ1v) is 11.9. The van der Waals surface area contributed by atoms with E-state index in [0.717, 1.165) is 38.4 Å². The highest BCUT2D eigenvalue weighted by atomic mass is 32.2. The number of carbonyl (C=O) groups excluding carboxylic acids is 2. The molecule has 0 bridgehead atoms. The summed E-state index contributed by atoms with van der Waals surface area (Å²) < 4.78 is 28.8. The Morgan fingerprint density at radius 2 is 1.83 bits per heavy atom. The molecule has 1 aromatic heterocycles. The number of carbonyl (C=O) groups is 2. The van der Waals surface area contributed by atoms with Gasteiger partial charge in [-0.05, 0) is 37.1 Å². The molecule has 2 aliphatic rings. The summed E-state index contributed by atoms with van der Waals surface area (Å²) in [7, 11) is -3.30. The van der Waals surface area contributed by atoms with E-state index >= 15 is 0 Å². The minimum atomic E-state index is -3.30. The van der Waals surface area contributed by atoms with Crippen LogP contribution in [-0.4, -0.2) is 43.2 Å². The Bertz CT molecular complexity index is 1040. The van der Waals surface area contributed by atoms with Crippen molar-refractivity contribution < 1.29 is 22.4 Å². The van der Waals surface area contributed by atoms with Crippen LogP contribution in [-0.2, 0) is 19.4 Å². The van der Waals surface area contributed by atoms with Crippen LogP contribution in [0.5, 0.6) is 0 Å². The molecule has 1 aromatic carbocycles. The average Bonchev–Trinajstić information content (AvgIpc) is 3.34. The summed E-state index contributed by atoms with van der Waals surface area (Å²) in [6, 6.07) is 6.25. The largest absolute Gasteiger partial charge is 0.407 e. The van der Waals surface area contributed by atoms with Crippen LogP contribution >= 0.6 is 0 Å². The molecule has 1 N–H and O–H groups in total. The predicted octanol–water partition coefficient (Wildman–Crippen LogP) is 2.51. The van der Waals surface area contributed by atoms with Gasteiger partial charge in [0, 0.05) is 30.8 Å². The highest BCUT2D eigenvalue weighted by molar-refractivity contribution is 7.90. The Morgan fingerprint density at radius 3 is 2.50 bits per heavy atom. The van der Waals surface area contributed by atoms with Gasteiger partial charge in [0.15, 0.2) is 9.84 Å². The summed E-state index contributed by atoms with van der Waals surface area (Å²) in [6.45, 7) is 0.343. The minimum absolute atomic E-state index is 0.0208. The highest BCUT2D eigenvalue weighted by Gasteiger charge is 2.35. The van der Waals surface area contributed by atoms with Crippen LogP contribution in [0.4, 0.5) is 11.7 Å². The van der Waals surface area contributed by atoms with Gasteiger partial charge in [0.05, 0.1) is 10.8 Å². The van der Waals surface area contributed by atoms with Gasteiger partial charge in [-0.2, -0.15) is 0 Å². The zero-order valence-electron chi connectivity index (χ0n) is 16.7. The molecule has 0 spiro atoms. The van der Waals surface area contributed by atoms with Crippen LogP contribution in [0.3, 0.4) is 0 Å². The number of amides is 2. The number of hydrogen-bond donors (Lipinski definition) is 1. The normalized spacial score (nSPS) is 20.5. The molecule has 10 heteroatoms. The standard InChI is InChI=1S/C20H24N4O5S/c1-30(27,28)16-9-7-15(8-10-16)24-12-14(11-17(24)25)19-22-23-20(29-19)21-18(26)13-5-3-2-4-6-13/h7-10,13-14H,2-6,11-12H2,1H3,(H,21,23,26). The second-order valence-electron chi connectivity index (χ2n) is 7.94. The molecule has 2 heterocycles. The first kappa shape index (κ1) is 20.5. The van der Waals surface area contributed by atoms with Crippen molar-refractivity contribution >= 4 is 33.4 Å². The molecule has 30 heavy (non-hydrogen) atoms. The first-order valence-electron chi connectivity index (χ1n) is 10.1. The quantitative estimate of drug-likeness (QED) is 0.770. The number of anilines is 2. The maximum atomic E-state index is 12.5. The summed E-state index contributed by atoms with van der Waals surface area (Å²) in [5.41, 5.74) is 0.611. The van der Waals surface area contributed by atoms with E-state index in [0.29, 0.717) is 18.1 Å². The molecule has 0 radical (unpaired) electrons. The third-order valence-electron chi connectivity index (χ3n) is 5.70. The molecule has 1 unspecified atom stereocenters. The third kappa shape index (κ3) is 4.38. The molecule has 160 valence electrons. The second kappa shape index (κ2) is 8.17. The third-order valence-corrected chi connectivity index (χ3v) is 6.83. The Kier molecular flexibility index (Phi) is 5.59. The van der Waals surface area contributed by atoms with Crippen LogP contribution in [0.1, 0.15) is 50.3 Å². The van der Waals surface area contributed by atoms with Crippen molar-refractivity contribution in [1.29, 1.82) is 0 Å². The number of sulfone groups is 1. The molecule has 2 aromatic rings. The van der Waals surface area contributed by atoms with Crippen LogP contribution < -0.4 is 10.2 Å². The van der Waals surface area contributed by atoms with E-state index in [1.54, 1.807) is 17.0 Å². The predicted molar refractivity (Wildman–Crippen MR) is 109 cm³/mol. The Hall–Kier alpha value is -2.75. The lowest BCUT2D eigenvalue weighted by Gasteiger charge is -2.19. The topological polar surface area (TPSA) is 122 Å². The summed E-state index contributed by atoms with van der Waals surface area (Å²) in [6.07, 6.45) is 6.35. The first-order chi connectivity index (χ1) is 14.3. The van der Waals surface area contributed by atoms with Gasteiger partial charge in [-0.25, -0.2) is 8.42 Å². The fraction of sp³-hybridized carbons (Fsp3) is 0.500. The van der Waals surface area contributed by atoms with Gasteiger partial charge in [-0.15, -0.1) is 5.10 Å². The average molecular weight is 433 g/mol.